The zero-order valence-electron chi connectivity index (χ0n) is 9.24. The van der Waals surface area contributed by atoms with Gasteiger partial charge in [0, 0.05) is 6.04 Å². The Hall–Kier alpha value is -0.730. The van der Waals surface area contributed by atoms with Crippen molar-refractivity contribution in [2.24, 2.45) is 16.6 Å². The van der Waals surface area contributed by atoms with Crippen LogP contribution >= 0.6 is 0 Å². The maximum Gasteiger partial charge on any atom is 0.191 e. The van der Waals surface area contributed by atoms with Crippen molar-refractivity contribution in [3.63, 3.8) is 0 Å². The van der Waals surface area contributed by atoms with Gasteiger partial charge in [-0.2, -0.15) is 0 Å². The minimum Gasteiger partial charge on any atom is -0.370 e. The summed E-state index contributed by atoms with van der Waals surface area (Å²) in [7, 11) is 0. The van der Waals surface area contributed by atoms with Gasteiger partial charge < -0.3 is 10.6 Å². The molecule has 1 heterocycles. The average molecular weight is 195 g/mol. The predicted molar refractivity (Wildman–Crippen MR) is 59.2 cm³/mol. The SMILES string of the molecule is CCC(CC)C1CN=C(N)N1C1CC1. The zero-order valence-corrected chi connectivity index (χ0v) is 9.24. The summed E-state index contributed by atoms with van der Waals surface area (Å²) in [5.74, 6) is 1.56. The van der Waals surface area contributed by atoms with E-state index in [1.807, 2.05) is 0 Å². The van der Waals surface area contributed by atoms with Crippen LogP contribution in [0.4, 0.5) is 0 Å². The maximum absolute atomic E-state index is 5.93. The van der Waals surface area contributed by atoms with Crippen molar-refractivity contribution >= 4 is 5.96 Å². The standard InChI is InChI=1S/C11H21N3/c1-3-8(4-2)10-7-13-11(12)14(10)9-5-6-9/h8-10H,3-7H2,1-2H3,(H2,12,13). The lowest BCUT2D eigenvalue weighted by atomic mass is 9.93. The van der Waals surface area contributed by atoms with E-state index in [1.54, 1.807) is 0 Å². The first-order valence-corrected chi connectivity index (χ1v) is 5.86. The molecular formula is C11H21N3. The highest BCUT2D eigenvalue weighted by atomic mass is 15.4. The molecule has 0 amide bonds. The smallest absolute Gasteiger partial charge is 0.191 e. The van der Waals surface area contributed by atoms with Crippen LogP contribution in [0.3, 0.4) is 0 Å². The highest BCUT2D eigenvalue weighted by molar-refractivity contribution is 5.80. The van der Waals surface area contributed by atoms with Gasteiger partial charge in [-0.25, -0.2) is 0 Å². The molecule has 0 aromatic heterocycles. The van der Waals surface area contributed by atoms with Crippen LogP contribution < -0.4 is 5.73 Å². The molecule has 0 saturated heterocycles. The summed E-state index contributed by atoms with van der Waals surface area (Å²) in [4.78, 5) is 6.78. The van der Waals surface area contributed by atoms with Crippen LogP contribution in [-0.4, -0.2) is 29.5 Å². The number of nitrogens with two attached hydrogens (primary N) is 1. The molecule has 1 atom stereocenters. The Bertz CT molecular complexity index is 229. The highest BCUT2D eigenvalue weighted by Crippen LogP contribution is 2.34. The van der Waals surface area contributed by atoms with Crippen LogP contribution in [0.2, 0.25) is 0 Å². The van der Waals surface area contributed by atoms with Crippen molar-refractivity contribution in [3.8, 4) is 0 Å². The summed E-state index contributed by atoms with van der Waals surface area (Å²) in [6.07, 6.45) is 5.11. The minimum absolute atomic E-state index is 0.595. The number of rotatable bonds is 4. The van der Waals surface area contributed by atoms with Crippen molar-refractivity contribution in [1.82, 2.24) is 4.90 Å². The van der Waals surface area contributed by atoms with Gasteiger partial charge in [0.05, 0.1) is 12.6 Å². The van der Waals surface area contributed by atoms with E-state index in [-0.39, 0.29) is 0 Å². The first kappa shape index (κ1) is 9.81. The molecule has 1 saturated carbocycles. The second-order valence-electron chi connectivity index (χ2n) is 4.48. The monoisotopic (exact) mass is 195 g/mol. The van der Waals surface area contributed by atoms with E-state index >= 15 is 0 Å². The van der Waals surface area contributed by atoms with E-state index in [1.165, 1.54) is 25.7 Å². The molecule has 14 heavy (non-hydrogen) atoms. The first-order chi connectivity index (χ1) is 6.77. The number of hydrogen-bond acceptors (Lipinski definition) is 3. The molecule has 2 rings (SSSR count). The summed E-state index contributed by atoms with van der Waals surface area (Å²) < 4.78 is 0. The van der Waals surface area contributed by atoms with Crippen LogP contribution in [0.1, 0.15) is 39.5 Å². The Morgan fingerprint density at radius 1 is 1.43 bits per heavy atom. The van der Waals surface area contributed by atoms with Gasteiger partial charge in [0.25, 0.3) is 0 Å². The largest absolute Gasteiger partial charge is 0.370 e. The lowest BCUT2D eigenvalue weighted by Crippen LogP contribution is -2.45. The van der Waals surface area contributed by atoms with Gasteiger partial charge in [-0.3, -0.25) is 4.99 Å². The number of nitrogens with zero attached hydrogens (tertiary/aromatic N) is 2. The molecule has 3 heteroatoms. The van der Waals surface area contributed by atoms with Crippen molar-refractivity contribution in [2.45, 2.75) is 51.6 Å². The molecular weight excluding hydrogens is 174 g/mol. The molecule has 0 aromatic rings. The van der Waals surface area contributed by atoms with Gasteiger partial charge in [-0.15, -0.1) is 0 Å². The molecule has 0 aromatic carbocycles. The molecule has 1 aliphatic carbocycles. The van der Waals surface area contributed by atoms with Gasteiger partial charge in [-0.1, -0.05) is 26.7 Å². The third kappa shape index (κ3) is 1.60. The molecule has 1 aliphatic heterocycles. The second-order valence-corrected chi connectivity index (χ2v) is 4.48. The Balaban J connectivity index is 2.05. The zero-order chi connectivity index (χ0) is 10.1. The average Bonchev–Trinajstić information content (AvgIpc) is 2.95. The lowest BCUT2D eigenvalue weighted by molar-refractivity contribution is 0.231. The number of hydrogen-bond donors (Lipinski definition) is 1. The number of aliphatic imine (C=N–C) groups is 1. The third-order valence-corrected chi connectivity index (χ3v) is 3.60. The summed E-state index contributed by atoms with van der Waals surface area (Å²) in [5, 5.41) is 0. The Morgan fingerprint density at radius 3 is 2.57 bits per heavy atom. The van der Waals surface area contributed by atoms with Crippen molar-refractivity contribution in [1.29, 1.82) is 0 Å². The fraction of sp³-hybridized carbons (Fsp3) is 0.909. The first-order valence-electron chi connectivity index (χ1n) is 5.86. The van der Waals surface area contributed by atoms with E-state index in [0.717, 1.165) is 18.4 Å². The molecule has 0 spiro atoms. The van der Waals surface area contributed by atoms with Crippen LogP contribution in [0.15, 0.2) is 4.99 Å². The molecule has 1 fully saturated rings. The van der Waals surface area contributed by atoms with Crippen LogP contribution in [0.5, 0.6) is 0 Å². The third-order valence-electron chi connectivity index (χ3n) is 3.60. The topological polar surface area (TPSA) is 41.6 Å². The normalized spacial score (nSPS) is 27.2. The van der Waals surface area contributed by atoms with Gasteiger partial charge >= 0.3 is 0 Å². The summed E-state index contributed by atoms with van der Waals surface area (Å²) >= 11 is 0. The van der Waals surface area contributed by atoms with Crippen molar-refractivity contribution < 1.29 is 0 Å². The Labute approximate surface area is 86.4 Å². The van der Waals surface area contributed by atoms with Gasteiger partial charge in [-0.05, 0) is 18.8 Å². The quantitative estimate of drug-likeness (QED) is 0.740. The molecule has 0 radical (unpaired) electrons. The van der Waals surface area contributed by atoms with Crippen molar-refractivity contribution in [3.05, 3.63) is 0 Å². The molecule has 1 unspecified atom stereocenters. The Kier molecular flexibility index (Phi) is 2.66. The second kappa shape index (κ2) is 3.79. The van der Waals surface area contributed by atoms with Crippen LogP contribution in [0.25, 0.3) is 0 Å². The van der Waals surface area contributed by atoms with Crippen molar-refractivity contribution in [2.75, 3.05) is 6.54 Å². The summed E-state index contributed by atoms with van der Waals surface area (Å²) in [6, 6.07) is 1.31. The minimum atomic E-state index is 0.595. The van der Waals surface area contributed by atoms with Crippen LogP contribution in [0, 0.1) is 5.92 Å². The highest BCUT2D eigenvalue weighted by Gasteiger charge is 2.40. The van der Waals surface area contributed by atoms with Gasteiger partial charge in [0.2, 0.25) is 0 Å². The fourth-order valence-corrected chi connectivity index (χ4v) is 2.55. The maximum atomic E-state index is 5.93. The van der Waals surface area contributed by atoms with Gasteiger partial charge in [0.15, 0.2) is 5.96 Å². The summed E-state index contributed by atoms with van der Waals surface area (Å²) in [6.45, 7) is 5.47. The fourth-order valence-electron chi connectivity index (χ4n) is 2.55. The Morgan fingerprint density at radius 2 is 2.07 bits per heavy atom. The predicted octanol–water partition coefficient (Wildman–Crippen LogP) is 1.58. The number of guanidine groups is 1. The van der Waals surface area contributed by atoms with Gasteiger partial charge in [0.1, 0.15) is 0 Å². The van der Waals surface area contributed by atoms with E-state index in [0.29, 0.717) is 12.1 Å². The molecule has 0 bridgehead atoms. The molecule has 80 valence electrons. The van der Waals surface area contributed by atoms with E-state index in [4.69, 9.17) is 5.73 Å². The molecule has 2 N–H and O–H groups in total. The lowest BCUT2D eigenvalue weighted by Gasteiger charge is -2.31. The van der Waals surface area contributed by atoms with Crippen LogP contribution in [-0.2, 0) is 0 Å². The van der Waals surface area contributed by atoms with E-state index in [9.17, 15) is 0 Å². The molecule has 2 aliphatic rings. The van der Waals surface area contributed by atoms with E-state index < -0.39 is 0 Å². The molecule has 3 nitrogen and oxygen atoms in total. The van der Waals surface area contributed by atoms with E-state index in [2.05, 4.69) is 23.7 Å². The summed E-state index contributed by atoms with van der Waals surface area (Å²) in [5.41, 5.74) is 5.93.